The number of benzene rings is 2. The first-order chi connectivity index (χ1) is 10.6. The Kier molecular flexibility index (Phi) is 3.68. The molecule has 3 rings (SSSR count). The van der Waals surface area contributed by atoms with Crippen LogP contribution in [0.4, 0.5) is 13.2 Å². The number of hydrogen-bond acceptors (Lipinski definition) is 3. The Morgan fingerprint density at radius 3 is 2.32 bits per heavy atom. The highest BCUT2D eigenvalue weighted by Crippen LogP contribution is 2.33. The lowest BCUT2D eigenvalue weighted by Crippen LogP contribution is -1.92. The lowest BCUT2D eigenvalue weighted by atomic mass is 10.0. The molecule has 1 N–H and O–H groups in total. The third-order valence-electron chi connectivity index (χ3n) is 3.24. The van der Waals surface area contributed by atoms with E-state index in [1.165, 1.54) is 24.3 Å². The number of halogens is 3. The first-order valence-corrected chi connectivity index (χ1v) is 6.41. The summed E-state index contributed by atoms with van der Waals surface area (Å²) in [6.07, 6.45) is 0. The van der Waals surface area contributed by atoms with Gasteiger partial charge < -0.3 is 9.63 Å². The van der Waals surface area contributed by atoms with Crippen molar-refractivity contribution in [2.45, 2.75) is 6.61 Å². The molecule has 0 radical (unpaired) electrons. The maximum Gasteiger partial charge on any atom is 0.173 e. The summed E-state index contributed by atoms with van der Waals surface area (Å²) in [6, 6.07) is 8.27. The first-order valence-electron chi connectivity index (χ1n) is 6.41. The van der Waals surface area contributed by atoms with Crippen molar-refractivity contribution in [2.75, 3.05) is 0 Å². The minimum Gasteiger partial charge on any atom is -0.391 e. The number of aliphatic hydroxyl groups excluding tert-OH is 1. The van der Waals surface area contributed by atoms with E-state index in [4.69, 9.17) is 4.52 Å². The normalized spacial score (nSPS) is 10.9. The van der Waals surface area contributed by atoms with Crippen LogP contribution in [0.3, 0.4) is 0 Å². The van der Waals surface area contributed by atoms with Crippen LogP contribution in [0.15, 0.2) is 47.0 Å². The molecule has 0 amide bonds. The molecular formula is C16H10F3NO2. The van der Waals surface area contributed by atoms with E-state index in [2.05, 4.69) is 5.16 Å². The van der Waals surface area contributed by atoms with Crippen LogP contribution in [-0.4, -0.2) is 10.3 Å². The summed E-state index contributed by atoms with van der Waals surface area (Å²) in [5.41, 5.74) is 0.581. The Labute approximate surface area is 123 Å². The molecule has 1 heterocycles. The molecule has 0 bridgehead atoms. The molecule has 1 aromatic heterocycles. The van der Waals surface area contributed by atoms with Gasteiger partial charge in [0, 0.05) is 11.1 Å². The molecule has 0 aliphatic carbocycles. The van der Waals surface area contributed by atoms with Gasteiger partial charge in [0.2, 0.25) is 0 Å². The number of nitrogens with zero attached hydrogens (tertiary/aromatic N) is 1. The zero-order valence-corrected chi connectivity index (χ0v) is 11.2. The third-order valence-corrected chi connectivity index (χ3v) is 3.24. The second kappa shape index (κ2) is 5.65. The smallest absolute Gasteiger partial charge is 0.173 e. The van der Waals surface area contributed by atoms with E-state index >= 15 is 0 Å². The molecule has 0 aliphatic rings. The summed E-state index contributed by atoms with van der Waals surface area (Å²) in [4.78, 5) is 0. The Balaban J connectivity index is 2.15. The average molecular weight is 305 g/mol. The van der Waals surface area contributed by atoms with Gasteiger partial charge in [0.25, 0.3) is 0 Å². The molecule has 0 saturated heterocycles. The zero-order valence-electron chi connectivity index (χ0n) is 11.2. The van der Waals surface area contributed by atoms with Crippen molar-refractivity contribution in [1.29, 1.82) is 0 Å². The maximum absolute atomic E-state index is 13.9. The molecule has 0 unspecified atom stereocenters. The van der Waals surface area contributed by atoms with Crippen LogP contribution >= 0.6 is 0 Å². The number of aromatic nitrogens is 1. The molecule has 0 spiro atoms. The summed E-state index contributed by atoms with van der Waals surface area (Å²) in [5, 5.41) is 13.3. The monoisotopic (exact) mass is 305 g/mol. The molecule has 6 heteroatoms. The Hall–Kier alpha value is -2.60. The van der Waals surface area contributed by atoms with Crippen molar-refractivity contribution in [3.05, 3.63) is 65.5 Å². The van der Waals surface area contributed by atoms with Crippen LogP contribution in [0, 0.1) is 17.5 Å². The van der Waals surface area contributed by atoms with Gasteiger partial charge in [0.1, 0.15) is 23.1 Å². The molecular weight excluding hydrogens is 295 g/mol. The Morgan fingerprint density at radius 2 is 1.64 bits per heavy atom. The van der Waals surface area contributed by atoms with Crippen LogP contribution < -0.4 is 0 Å². The molecule has 22 heavy (non-hydrogen) atoms. The van der Waals surface area contributed by atoms with Crippen molar-refractivity contribution in [3.8, 4) is 22.6 Å². The summed E-state index contributed by atoms with van der Waals surface area (Å²) in [6.45, 7) is -0.485. The van der Waals surface area contributed by atoms with Gasteiger partial charge in [0.15, 0.2) is 5.76 Å². The van der Waals surface area contributed by atoms with Gasteiger partial charge in [-0.1, -0.05) is 5.16 Å². The van der Waals surface area contributed by atoms with E-state index in [9.17, 15) is 18.3 Å². The van der Waals surface area contributed by atoms with Gasteiger partial charge in [-0.25, -0.2) is 13.2 Å². The number of rotatable bonds is 3. The van der Waals surface area contributed by atoms with E-state index in [-0.39, 0.29) is 22.6 Å². The molecule has 112 valence electrons. The van der Waals surface area contributed by atoms with E-state index in [1.54, 1.807) is 0 Å². The van der Waals surface area contributed by atoms with Crippen molar-refractivity contribution < 1.29 is 22.8 Å². The summed E-state index contributed by atoms with van der Waals surface area (Å²) in [5.74, 6) is -1.56. The molecule has 3 nitrogen and oxygen atoms in total. The molecule has 0 aliphatic heterocycles. The second-order valence-electron chi connectivity index (χ2n) is 4.63. The van der Waals surface area contributed by atoms with Gasteiger partial charge >= 0.3 is 0 Å². The second-order valence-corrected chi connectivity index (χ2v) is 4.63. The van der Waals surface area contributed by atoms with Crippen LogP contribution in [0.1, 0.15) is 5.56 Å². The van der Waals surface area contributed by atoms with Gasteiger partial charge in [-0.3, -0.25) is 0 Å². The minimum atomic E-state index is -0.685. The van der Waals surface area contributed by atoms with Crippen LogP contribution in [0.25, 0.3) is 22.6 Å². The highest BCUT2D eigenvalue weighted by atomic mass is 19.1. The van der Waals surface area contributed by atoms with Gasteiger partial charge in [-0.05, 0) is 42.5 Å². The van der Waals surface area contributed by atoms with Crippen molar-refractivity contribution in [2.24, 2.45) is 0 Å². The van der Waals surface area contributed by atoms with Crippen LogP contribution in [0.2, 0.25) is 0 Å². The average Bonchev–Trinajstić information content (AvgIpc) is 2.94. The molecule has 2 aromatic carbocycles. The van der Waals surface area contributed by atoms with E-state index < -0.39 is 24.1 Å². The van der Waals surface area contributed by atoms with E-state index in [0.29, 0.717) is 5.56 Å². The summed E-state index contributed by atoms with van der Waals surface area (Å²) < 4.78 is 45.3. The van der Waals surface area contributed by atoms with Crippen LogP contribution in [-0.2, 0) is 6.61 Å². The molecule has 0 fully saturated rings. The fourth-order valence-corrected chi connectivity index (χ4v) is 2.17. The topological polar surface area (TPSA) is 46.3 Å². The minimum absolute atomic E-state index is 0.0128. The molecule has 3 aromatic rings. The third kappa shape index (κ3) is 2.48. The van der Waals surface area contributed by atoms with Gasteiger partial charge in [0.05, 0.1) is 12.2 Å². The van der Waals surface area contributed by atoms with Gasteiger partial charge in [-0.2, -0.15) is 0 Å². The standard InChI is InChI=1S/C16H10F3NO2/c17-10-3-1-9(2-4-10)16-13(8-21)15(20-22-16)12-7-11(18)5-6-14(12)19/h1-7,21H,8H2. The zero-order chi connectivity index (χ0) is 15.7. The van der Waals surface area contributed by atoms with Crippen LogP contribution in [0.5, 0.6) is 0 Å². The number of aliphatic hydroxyl groups is 1. The molecule has 0 atom stereocenters. The van der Waals surface area contributed by atoms with E-state index in [1.807, 2.05) is 0 Å². The maximum atomic E-state index is 13.9. The predicted molar refractivity (Wildman–Crippen MR) is 73.2 cm³/mol. The van der Waals surface area contributed by atoms with Crippen molar-refractivity contribution in [1.82, 2.24) is 5.16 Å². The quantitative estimate of drug-likeness (QED) is 0.798. The summed E-state index contributed by atoms with van der Waals surface area (Å²) in [7, 11) is 0. The highest BCUT2D eigenvalue weighted by molar-refractivity contribution is 5.72. The molecule has 0 saturated carbocycles. The lowest BCUT2D eigenvalue weighted by molar-refractivity contribution is 0.281. The highest BCUT2D eigenvalue weighted by Gasteiger charge is 2.21. The SMILES string of the molecule is OCc1c(-c2cc(F)ccc2F)noc1-c1ccc(F)cc1. The summed E-state index contributed by atoms with van der Waals surface area (Å²) >= 11 is 0. The fraction of sp³-hybridized carbons (Fsp3) is 0.0625. The Morgan fingerprint density at radius 1 is 0.955 bits per heavy atom. The van der Waals surface area contributed by atoms with Crippen molar-refractivity contribution >= 4 is 0 Å². The predicted octanol–water partition coefficient (Wildman–Crippen LogP) is 3.92. The number of hydrogen-bond donors (Lipinski definition) is 1. The lowest BCUT2D eigenvalue weighted by Gasteiger charge is -2.03. The van der Waals surface area contributed by atoms with E-state index in [0.717, 1.165) is 18.2 Å². The first kappa shape index (κ1) is 14.3. The fourth-order valence-electron chi connectivity index (χ4n) is 2.17. The largest absolute Gasteiger partial charge is 0.391 e. The van der Waals surface area contributed by atoms with Gasteiger partial charge in [-0.15, -0.1) is 0 Å². The Bertz CT molecular complexity index is 813. The van der Waals surface area contributed by atoms with Crippen molar-refractivity contribution in [3.63, 3.8) is 0 Å².